The average Bonchev–Trinajstić information content (AvgIpc) is 3.04. The molecule has 3 aromatic rings. The number of anilines is 3. The van der Waals surface area contributed by atoms with Crippen LogP contribution in [0.3, 0.4) is 0 Å². The fraction of sp³-hybridized carbons (Fsp3) is 0.185. The molecular formula is C27H27N3O3. The zero-order valence-electron chi connectivity index (χ0n) is 19.5. The fourth-order valence-electron chi connectivity index (χ4n) is 3.98. The van der Waals surface area contributed by atoms with Crippen LogP contribution in [0.4, 0.5) is 17.1 Å². The van der Waals surface area contributed by atoms with Gasteiger partial charge in [-0.2, -0.15) is 0 Å². The highest BCUT2D eigenvalue weighted by Crippen LogP contribution is 2.38. The van der Waals surface area contributed by atoms with Crippen LogP contribution in [0.2, 0.25) is 0 Å². The second-order valence-corrected chi connectivity index (χ2v) is 8.25. The third-order valence-corrected chi connectivity index (χ3v) is 5.71. The van der Waals surface area contributed by atoms with Gasteiger partial charge in [0.2, 0.25) is 0 Å². The number of amides is 2. The molecule has 4 rings (SSSR count). The maximum absolute atomic E-state index is 13.7. The zero-order valence-corrected chi connectivity index (χ0v) is 19.5. The molecule has 0 aromatic heterocycles. The minimum absolute atomic E-state index is 0.228. The van der Waals surface area contributed by atoms with E-state index in [2.05, 4.69) is 5.32 Å². The van der Waals surface area contributed by atoms with E-state index < -0.39 is 11.8 Å². The Bertz CT molecular complexity index is 1280. The maximum atomic E-state index is 13.7. The standard InChI is InChI=1S/C27H27N3O3/c1-17-13-14-22(18(2)15-17)28-25-24(21-11-6-7-12-23(21)33-5)26(31)30(27(25)32)20-10-8-9-19(16-20)29(3)4/h6-16,28H,1-5H3. The number of carbonyl (C=O) groups is 2. The molecule has 0 fully saturated rings. The number of aryl methyl sites for hydroxylation is 2. The largest absolute Gasteiger partial charge is 0.496 e. The molecule has 168 valence electrons. The van der Waals surface area contributed by atoms with E-state index in [9.17, 15) is 9.59 Å². The molecular weight excluding hydrogens is 414 g/mol. The van der Waals surface area contributed by atoms with Crippen LogP contribution >= 0.6 is 0 Å². The first kappa shape index (κ1) is 22.1. The Morgan fingerprint density at radius 2 is 1.64 bits per heavy atom. The van der Waals surface area contributed by atoms with Gasteiger partial charge in [0.25, 0.3) is 11.8 Å². The highest BCUT2D eigenvalue weighted by Gasteiger charge is 2.41. The normalized spacial score (nSPS) is 13.5. The Hall–Kier alpha value is -4.06. The van der Waals surface area contributed by atoms with Gasteiger partial charge in [0.15, 0.2) is 0 Å². The lowest BCUT2D eigenvalue weighted by Gasteiger charge is -2.19. The number of rotatable bonds is 6. The van der Waals surface area contributed by atoms with Gasteiger partial charge in [0.05, 0.1) is 18.4 Å². The molecule has 0 atom stereocenters. The lowest BCUT2D eigenvalue weighted by Crippen LogP contribution is -2.32. The van der Waals surface area contributed by atoms with E-state index in [0.717, 1.165) is 22.5 Å². The van der Waals surface area contributed by atoms with Crippen LogP contribution in [0, 0.1) is 13.8 Å². The molecule has 0 spiro atoms. The molecule has 3 aromatic carbocycles. The van der Waals surface area contributed by atoms with E-state index >= 15 is 0 Å². The quantitative estimate of drug-likeness (QED) is 0.558. The van der Waals surface area contributed by atoms with Gasteiger partial charge in [-0.15, -0.1) is 0 Å². The van der Waals surface area contributed by atoms with E-state index in [1.165, 1.54) is 4.90 Å². The van der Waals surface area contributed by atoms with Crippen LogP contribution in [0.15, 0.2) is 72.4 Å². The molecule has 2 amide bonds. The van der Waals surface area contributed by atoms with E-state index in [1.807, 2.05) is 81.4 Å². The molecule has 0 saturated heterocycles. The van der Waals surface area contributed by atoms with Crippen LogP contribution in [0.1, 0.15) is 16.7 Å². The zero-order chi connectivity index (χ0) is 23.7. The van der Waals surface area contributed by atoms with Crippen molar-refractivity contribution in [3.05, 3.63) is 89.1 Å². The number of imide groups is 1. The summed E-state index contributed by atoms with van der Waals surface area (Å²) >= 11 is 0. The smallest absolute Gasteiger partial charge is 0.282 e. The van der Waals surface area contributed by atoms with Gasteiger partial charge in [-0.3, -0.25) is 9.59 Å². The summed E-state index contributed by atoms with van der Waals surface area (Å²) in [5.74, 6) is -0.276. The lowest BCUT2D eigenvalue weighted by atomic mass is 10.0. The molecule has 0 radical (unpaired) electrons. The fourth-order valence-corrected chi connectivity index (χ4v) is 3.98. The molecule has 0 unspecified atom stereocenters. The Labute approximate surface area is 194 Å². The number of methoxy groups -OCH3 is 1. The summed E-state index contributed by atoms with van der Waals surface area (Å²) in [5.41, 5.74) is 5.36. The molecule has 6 heteroatoms. The summed E-state index contributed by atoms with van der Waals surface area (Å²) in [6.07, 6.45) is 0. The summed E-state index contributed by atoms with van der Waals surface area (Å²) in [6, 6.07) is 20.5. The lowest BCUT2D eigenvalue weighted by molar-refractivity contribution is -0.120. The Morgan fingerprint density at radius 1 is 0.879 bits per heavy atom. The molecule has 6 nitrogen and oxygen atoms in total. The molecule has 1 N–H and O–H groups in total. The Kier molecular flexibility index (Phi) is 5.92. The number of hydrogen-bond acceptors (Lipinski definition) is 5. The number of carbonyl (C=O) groups excluding carboxylic acids is 2. The van der Waals surface area contributed by atoms with E-state index in [0.29, 0.717) is 17.0 Å². The second-order valence-electron chi connectivity index (χ2n) is 8.25. The second kappa shape index (κ2) is 8.82. The predicted octanol–water partition coefficient (Wildman–Crippen LogP) is 4.77. The van der Waals surface area contributed by atoms with Gasteiger partial charge in [0, 0.05) is 31.0 Å². The Balaban J connectivity index is 1.87. The van der Waals surface area contributed by atoms with Crippen LogP contribution in [-0.2, 0) is 9.59 Å². The highest BCUT2D eigenvalue weighted by atomic mass is 16.5. The summed E-state index contributed by atoms with van der Waals surface area (Å²) in [7, 11) is 5.38. The van der Waals surface area contributed by atoms with Crippen molar-refractivity contribution in [2.24, 2.45) is 0 Å². The minimum Gasteiger partial charge on any atom is -0.496 e. The van der Waals surface area contributed by atoms with Crippen LogP contribution in [0.25, 0.3) is 5.57 Å². The maximum Gasteiger partial charge on any atom is 0.282 e. The van der Waals surface area contributed by atoms with Gasteiger partial charge < -0.3 is 15.0 Å². The first-order valence-corrected chi connectivity index (χ1v) is 10.7. The van der Waals surface area contributed by atoms with Crippen molar-refractivity contribution in [1.82, 2.24) is 0 Å². The van der Waals surface area contributed by atoms with Crippen LogP contribution in [0.5, 0.6) is 5.75 Å². The monoisotopic (exact) mass is 441 g/mol. The number of nitrogens with one attached hydrogen (secondary N) is 1. The minimum atomic E-state index is -0.406. The first-order chi connectivity index (χ1) is 15.8. The number of benzene rings is 3. The first-order valence-electron chi connectivity index (χ1n) is 10.7. The van der Waals surface area contributed by atoms with Crippen molar-refractivity contribution in [3.63, 3.8) is 0 Å². The summed E-state index contributed by atoms with van der Waals surface area (Å²) in [4.78, 5) is 30.6. The molecule has 1 aliphatic rings. The summed E-state index contributed by atoms with van der Waals surface area (Å²) in [6.45, 7) is 3.98. The third-order valence-electron chi connectivity index (χ3n) is 5.71. The van der Waals surface area contributed by atoms with Gasteiger partial charge in [-0.05, 0) is 49.7 Å². The third kappa shape index (κ3) is 4.07. The van der Waals surface area contributed by atoms with Gasteiger partial charge in [-0.25, -0.2) is 4.90 Å². The van der Waals surface area contributed by atoms with Crippen molar-refractivity contribution in [2.75, 3.05) is 36.3 Å². The number of hydrogen-bond donors (Lipinski definition) is 1. The van der Waals surface area contributed by atoms with Gasteiger partial charge in [0.1, 0.15) is 11.4 Å². The van der Waals surface area contributed by atoms with Crippen molar-refractivity contribution in [2.45, 2.75) is 13.8 Å². The van der Waals surface area contributed by atoms with Crippen LogP contribution < -0.4 is 19.9 Å². The van der Waals surface area contributed by atoms with Crippen molar-refractivity contribution < 1.29 is 14.3 Å². The van der Waals surface area contributed by atoms with Crippen molar-refractivity contribution in [3.8, 4) is 5.75 Å². The van der Waals surface area contributed by atoms with Crippen molar-refractivity contribution >= 4 is 34.4 Å². The highest BCUT2D eigenvalue weighted by molar-refractivity contribution is 6.46. The molecule has 33 heavy (non-hydrogen) atoms. The van der Waals surface area contributed by atoms with Crippen molar-refractivity contribution in [1.29, 1.82) is 0 Å². The molecule has 1 heterocycles. The van der Waals surface area contributed by atoms with E-state index in [1.54, 1.807) is 25.3 Å². The molecule has 0 bridgehead atoms. The summed E-state index contributed by atoms with van der Waals surface area (Å²) < 4.78 is 5.52. The van der Waals surface area contributed by atoms with E-state index in [-0.39, 0.29) is 11.3 Å². The van der Waals surface area contributed by atoms with Crippen LogP contribution in [-0.4, -0.2) is 33.0 Å². The topological polar surface area (TPSA) is 61.9 Å². The summed E-state index contributed by atoms with van der Waals surface area (Å²) in [5, 5.41) is 3.26. The van der Waals surface area contributed by atoms with E-state index in [4.69, 9.17) is 4.74 Å². The molecule has 1 aliphatic heterocycles. The number of para-hydroxylation sites is 1. The number of ether oxygens (including phenoxy) is 1. The Morgan fingerprint density at radius 3 is 2.33 bits per heavy atom. The number of nitrogens with zero attached hydrogens (tertiary/aromatic N) is 2. The molecule has 0 aliphatic carbocycles. The average molecular weight is 442 g/mol. The molecule has 0 saturated carbocycles. The van der Waals surface area contributed by atoms with Gasteiger partial charge >= 0.3 is 0 Å². The predicted molar refractivity (Wildman–Crippen MR) is 133 cm³/mol. The van der Waals surface area contributed by atoms with Gasteiger partial charge in [-0.1, -0.05) is 42.0 Å². The SMILES string of the molecule is COc1ccccc1C1=C(Nc2ccc(C)cc2C)C(=O)N(c2cccc(N(C)C)c2)C1=O.